The van der Waals surface area contributed by atoms with Gasteiger partial charge in [-0.3, -0.25) is 4.79 Å². The molecule has 0 atom stereocenters. The summed E-state index contributed by atoms with van der Waals surface area (Å²) < 4.78 is 21.1. The zero-order chi connectivity index (χ0) is 18.6. The Morgan fingerprint density at radius 1 is 1.19 bits per heavy atom. The zero-order valence-electron chi connectivity index (χ0n) is 15.3. The molecule has 0 bridgehead atoms. The van der Waals surface area contributed by atoms with Crippen LogP contribution in [0.1, 0.15) is 25.0 Å². The molecule has 0 spiro atoms. The van der Waals surface area contributed by atoms with Crippen molar-refractivity contribution in [1.82, 2.24) is 10.5 Å². The SMILES string of the molecule is COCCCNC(=O)C1(c2cc(-c3ccc(OC)c(OC)c3)on2)CC1. The monoisotopic (exact) mass is 360 g/mol. The normalized spacial score (nSPS) is 14.7. The van der Waals surface area contributed by atoms with Crippen molar-refractivity contribution in [3.8, 4) is 22.8 Å². The molecular weight excluding hydrogens is 336 g/mol. The fourth-order valence-corrected chi connectivity index (χ4v) is 2.94. The Hall–Kier alpha value is -2.54. The van der Waals surface area contributed by atoms with Gasteiger partial charge in [-0.25, -0.2) is 0 Å². The van der Waals surface area contributed by atoms with Gasteiger partial charge in [-0.15, -0.1) is 0 Å². The van der Waals surface area contributed by atoms with Crippen molar-refractivity contribution < 1.29 is 23.5 Å². The van der Waals surface area contributed by atoms with Gasteiger partial charge in [0.25, 0.3) is 0 Å². The molecule has 1 saturated carbocycles. The average molecular weight is 360 g/mol. The van der Waals surface area contributed by atoms with Crippen LogP contribution in [0.2, 0.25) is 0 Å². The van der Waals surface area contributed by atoms with E-state index in [-0.39, 0.29) is 5.91 Å². The van der Waals surface area contributed by atoms with Crippen LogP contribution in [0, 0.1) is 0 Å². The number of nitrogens with zero attached hydrogens (tertiary/aromatic N) is 1. The van der Waals surface area contributed by atoms with E-state index in [0.717, 1.165) is 24.8 Å². The lowest BCUT2D eigenvalue weighted by atomic mass is 10.00. The molecule has 1 fully saturated rings. The Bertz CT molecular complexity index is 767. The molecule has 0 saturated heterocycles. The Balaban J connectivity index is 1.74. The molecular formula is C19H24N2O5. The fraction of sp³-hybridized carbons (Fsp3) is 0.474. The van der Waals surface area contributed by atoms with Crippen LogP contribution in [0.4, 0.5) is 0 Å². The molecule has 1 heterocycles. The number of carbonyl (C=O) groups excluding carboxylic acids is 1. The molecule has 1 aliphatic carbocycles. The molecule has 2 aromatic rings. The summed E-state index contributed by atoms with van der Waals surface area (Å²) in [7, 11) is 4.82. The van der Waals surface area contributed by atoms with E-state index in [9.17, 15) is 4.79 Å². The molecule has 0 unspecified atom stereocenters. The molecule has 0 aliphatic heterocycles. The maximum Gasteiger partial charge on any atom is 0.232 e. The Morgan fingerprint density at radius 2 is 1.96 bits per heavy atom. The molecule has 3 rings (SSSR count). The van der Waals surface area contributed by atoms with Gasteiger partial charge < -0.3 is 24.1 Å². The van der Waals surface area contributed by atoms with Gasteiger partial charge in [-0.2, -0.15) is 0 Å². The summed E-state index contributed by atoms with van der Waals surface area (Å²) in [6, 6.07) is 7.35. The summed E-state index contributed by atoms with van der Waals surface area (Å²) in [5.41, 5.74) is 0.926. The van der Waals surface area contributed by atoms with Gasteiger partial charge in [-0.05, 0) is 37.5 Å². The van der Waals surface area contributed by atoms with E-state index in [1.54, 1.807) is 21.3 Å². The third-order valence-electron chi connectivity index (χ3n) is 4.66. The Labute approximate surface area is 152 Å². The summed E-state index contributed by atoms with van der Waals surface area (Å²) in [5.74, 6) is 1.85. The molecule has 1 amide bonds. The van der Waals surface area contributed by atoms with E-state index >= 15 is 0 Å². The minimum Gasteiger partial charge on any atom is -0.493 e. The molecule has 140 valence electrons. The number of hydrogen-bond donors (Lipinski definition) is 1. The van der Waals surface area contributed by atoms with Crippen molar-refractivity contribution >= 4 is 5.91 Å². The third kappa shape index (κ3) is 3.53. The van der Waals surface area contributed by atoms with Crippen LogP contribution in [-0.2, 0) is 14.9 Å². The molecule has 1 N–H and O–H groups in total. The van der Waals surface area contributed by atoms with Crippen LogP contribution in [0.15, 0.2) is 28.8 Å². The van der Waals surface area contributed by atoms with Crippen molar-refractivity contribution in [3.05, 3.63) is 30.0 Å². The molecule has 1 aromatic heterocycles. The largest absolute Gasteiger partial charge is 0.493 e. The number of methoxy groups -OCH3 is 3. The predicted molar refractivity (Wildman–Crippen MR) is 95.5 cm³/mol. The lowest BCUT2D eigenvalue weighted by Gasteiger charge is -2.12. The van der Waals surface area contributed by atoms with E-state index in [1.807, 2.05) is 24.3 Å². The molecule has 1 aliphatic rings. The molecule has 26 heavy (non-hydrogen) atoms. The smallest absolute Gasteiger partial charge is 0.232 e. The van der Waals surface area contributed by atoms with Gasteiger partial charge in [0.1, 0.15) is 0 Å². The van der Waals surface area contributed by atoms with Crippen LogP contribution in [0.3, 0.4) is 0 Å². The van der Waals surface area contributed by atoms with Crippen LogP contribution in [-0.4, -0.2) is 45.5 Å². The van der Waals surface area contributed by atoms with Crippen molar-refractivity contribution in [2.45, 2.75) is 24.7 Å². The summed E-state index contributed by atoms with van der Waals surface area (Å²) in [5, 5.41) is 7.12. The van der Waals surface area contributed by atoms with Crippen molar-refractivity contribution in [3.63, 3.8) is 0 Å². The molecule has 7 nitrogen and oxygen atoms in total. The second-order valence-corrected chi connectivity index (χ2v) is 6.33. The average Bonchev–Trinajstić information content (AvgIpc) is 3.34. The van der Waals surface area contributed by atoms with Gasteiger partial charge in [0.15, 0.2) is 17.3 Å². The first kappa shape index (κ1) is 18.3. The highest BCUT2D eigenvalue weighted by Gasteiger charge is 2.53. The molecule has 1 aromatic carbocycles. The maximum absolute atomic E-state index is 12.6. The number of hydrogen-bond acceptors (Lipinski definition) is 6. The highest BCUT2D eigenvalue weighted by atomic mass is 16.5. The predicted octanol–water partition coefficient (Wildman–Crippen LogP) is 2.54. The topological polar surface area (TPSA) is 82.8 Å². The molecule has 7 heteroatoms. The zero-order valence-corrected chi connectivity index (χ0v) is 15.3. The number of carbonyl (C=O) groups is 1. The third-order valence-corrected chi connectivity index (χ3v) is 4.66. The van der Waals surface area contributed by atoms with Gasteiger partial charge >= 0.3 is 0 Å². The number of amides is 1. The first-order chi connectivity index (χ1) is 12.6. The second-order valence-electron chi connectivity index (χ2n) is 6.33. The Kier molecular flexibility index (Phi) is 5.46. The van der Waals surface area contributed by atoms with Crippen LogP contribution in [0.25, 0.3) is 11.3 Å². The Morgan fingerprint density at radius 3 is 2.62 bits per heavy atom. The van der Waals surface area contributed by atoms with Crippen LogP contribution >= 0.6 is 0 Å². The van der Waals surface area contributed by atoms with Crippen molar-refractivity contribution in [2.24, 2.45) is 0 Å². The lowest BCUT2D eigenvalue weighted by Crippen LogP contribution is -2.35. The van der Waals surface area contributed by atoms with E-state index in [0.29, 0.717) is 36.1 Å². The highest BCUT2D eigenvalue weighted by Crippen LogP contribution is 2.48. The summed E-state index contributed by atoms with van der Waals surface area (Å²) >= 11 is 0. The van der Waals surface area contributed by atoms with E-state index < -0.39 is 5.41 Å². The van der Waals surface area contributed by atoms with Gasteiger partial charge in [0, 0.05) is 31.9 Å². The summed E-state index contributed by atoms with van der Waals surface area (Å²) in [4.78, 5) is 12.6. The highest BCUT2D eigenvalue weighted by molar-refractivity contribution is 5.91. The number of ether oxygens (including phenoxy) is 3. The van der Waals surface area contributed by atoms with E-state index in [1.165, 1.54) is 0 Å². The van der Waals surface area contributed by atoms with Gasteiger partial charge in [0.2, 0.25) is 5.91 Å². The fourth-order valence-electron chi connectivity index (χ4n) is 2.94. The number of benzene rings is 1. The second kappa shape index (κ2) is 7.78. The van der Waals surface area contributed by atoms with Crippen LogP contribution in [0.5, 0.6) is 11.5 Å². The number of aromatic nitrogens is 1. The van der Waals surface area contributed by atoms with Crippen LogP contribution < -0.4 is 14.8 Å². The minimum absolute atomic E-state index is 0.000708. The number of nitrogens with one attached hydrogen (secondary N) is 1. The first-order valence-electron chi connectivity index (χ1n) is 8.61. The van der Waals surface area contributed by atoms with Gasteiger partial charge in [-0.1, -0.05) is 5.16 Å². The maximum atomic E-state index is 12.6. The van der Waals surface area contributed by atoms with Crippen molar-refractivity contribution in [1.29, 1.82) is 0 Å². The minimum atomic E-state index is -0.564. The van der Waals surface area contributed by atoms with E-state index in [2.05, 4.69) is 10.5 Å². The van der Waals surface area contributed by atoms with Crippen molar-refractivity contribution in [2.75, 3.05) is 34.5 Å². The number of rotatable bonds is 9. The quantitative estimate of drug-likeness (QED) is 0.692. The first-order valence-corrected chi connectivity index (χ1v) is 8.61. The standard InChI is InChI=1S/C19H24N2O5/c1-23-10-4-9-20-18(22)19(7-8-19)17-12-15(26-21-17)13-5-6-14(24-2)16(11-13)25-3/h5-6,11-12H,4,7-10H2,1-3H3,(H,20,22). The van der Waals surface area contributed by atoms with Gasteiger partial charge in [0.05, 0.1) is 25.3 Å². The molecule has 0 radical (unpaired) electrons. The summed E-state index contributed by atoms with van der Waals surface area (Å²) in [6.07, 6.45) is 2.34. The summed E-state index contributed by atoms with van der Waals surface area (Å²) in [6.45, 7) is 1.22. The van der Waals surface area contributed by atoms with E-state index in [4.69, 9.17) is 18.7 Å². The lowest BCUT2D eigenvalue weighted by molar-refractivity contribution is -0.123.